The molecule has 5 saturated heterocycles. The Morgan fingerprint density at radius 1 is 0.745 bits per heavy atom. The lowest BCUT2D eigenvalue weighted by atomic mass is 9.52. The quantitative estimate of drug-likeness (QED) is 0.306. The highest BCUT2D eigenvalue weighted by atomic mass is 16.7. The minimum Gasteiger partial charge on any atom is -0.390 e. The zero-order chi connectivity index (χ0) is 38.6. The summed E-state index contributed by atoms with van der Waals surface area (Å²) in [6.07, 6.45) is 1.33. The second kappa shape index (κ2) is 14.6. The molecular weight excluding hydrogens is 712 g/mol. The Kier molecular flexibility index (Phi) is 10.5. The van der Waals surface area contributed by atoms with E-state index >= 15 is 0 Å². The highest BCUT2D eigenvalue weighted by molar-refractivity contribution is 5.43. The van der Waals surface area contributed by atoms with Gasteiger partial charge in [-0.2, -0.15) is 0 Å². The van der Waals surface area contributed by atoms with Gasteiger partial charge in [0.2, 0.25) is 0 Å². The predicted octanol–water partition coefficient (Wildman–Crippen LogP) is 3.90. The molecule has 13 nitrogen and oxygen atoms in total. The number of hydrogen-bond acceptors (Lipinski definition) is 13. The normalized spacial score (nSPS) is 54.7. The summed E-state index contributed by atoms with van der Waals surface area (Å²) in [4.78, 5) is 0. The van der Waals surface area contributed by atoms with Crippen molar-refractivity contribution in [3.63, 3.8) is 0 Å². The van der Waals surface area contributed by atoms with E-state index in [1.54, 1.807) is 32.3 Å². The molecule has 20 atom stereocenters. The topological polar surface area (TPSA) is 153 Å². The number of fused-ring (bicyclic) bond motifs is 3. The van der Waals surface area contributed by atoms with Crippen molar-refractivity contribution in [2.45, 2.75) is 184 Å². The molecule has 0 radical (unpaired) electrons. The standard InChI is InChI=1S/C42H64O13/c1-20-36(45)31(46-6)15-35(50-20)54-37-21(2)51-33(14-28(37)43)55-38-22(3)52-34(16-32(38)47-7)53-30-13-24-8-9-25-26(40(24,4)17-29(30)44)10-11-42-19-49-41(5)39(42)23(18-48-41)12-27(25)42/h8,20-23,26,28-39,43-45H,9-19H2,1-7H3/t20-,21+,22+,23+,26-,28-,29+,30+,31+,32-,33-,34-,35-,36-,37+,38+,39+,40-,41+,42+/m0/s1. The van der Waals surface area contributed by atoms with Crippen LogP contribution >= 0.6 is 0 Å². The average Bonchev–Trinajstić information content (AvgIpc) is 3.78. The zero-order valence-corrected chi connectivity index (χ0v) is 33.6. The summed E-state index contributed by atoms with van der Waals surface area (Å²) in [5.74, 6) is 1.00. The van der Waals surface area contributed by atoms with Gasteiger partial charge >= 0.3 is 0 Å². The van der Waals surface area contributed by atoms with E-state index in [9.17, 15) is 15.3 Å². The Bertz CT molecular complexity index is 1490. The van der Waals surface area contributed by atoms with Crippen LogP contribution in [0.4, 0.5) is 0 Å². The molecule has 55 heavy (non-hydrogen) atoms. The maximum atomic E-state index is 11.7. The molecule has 0 unspecified atom stereocenters. The largest absolute Gasteiger partial charge is 0.390 e. The van der Waals surface area contributed by atoms with Crippen LogP contribution in [0.25, 0.3) is 0 Å². The number of allylic oxidation sites excluding steroid dienone is 2. The van der Waals surface area contributed by atoms with Gasteiger partial charge in [-0.25, -0.2) is 0 Å². The molecular formula is C42H64O13. The fourth-order valence-corrected chi connectivity index (χ4v) is 12.9. The van der Waals surface area contributed by atoms with Crippen molar-refractivity contribution >= 4 is 0 Å². The third kappa shape index (κ3) is 6.46. The molecule has 13 heteroatoms. The number of ether oxygens (including phenoxy) is 10. The molecule has 0 amide bonds. The minimum atomic E-state index is -0.869. The van der Waals surface area contributed by atoms with E-state index in [0.29, 0.717) is 43.4 Å². The minimum absolute atomic E-state index is 0.102. The van der Waals surface area contributed by atoms with Gasteiger partial charge in [-0.05, 0) is 83.5 Å². The molecule has 0 aromatic rings. The first-order valence-electron chi connectivity index (χ1n) is 21.0. The fourth-order valence-electron chi connectivity index (χ4n) is 12.9. The van der Waals surface area contributed by atoms with E-state index in [1.165, 1.54) is 5.57 Å². The first-order chi connectivity index (χ1) is 26.3. The van der Waals surface area contributed by atoms with Gasteiger partial charge in [0.05, 0.1) is 62.0 Å². The van der Waals surface area contributed by atoms with E-state index in [4.69, 9.17) is 47.4 Å². The van der Waals surface area contributed by atoms with Crippen LogP contribution in [-0.2, 0) is 47.4 Å². The van der Waals surface area contributed by atoms with Gasteiger partial charge in [0.15, 0.2) is 24.7 Å². The van der Waals surface area contributed by atoms with Gasteiger partial charge in [0.1, 0.15) is 18.3 Å². The molecule has 9 aliphatic rings. The van der Waals surface area contributed by atoms with E-state index < -0.39 is 79.6 Å². The molecule has 5 heterocycles. The summed E-state index contributed by atoms with van der Waals surface area (Å²) in [6.45, 7) is 11.7. The summed E-state index contributed by atoms with van der Waals surface area (Å²) in [5.41, 5.74) is 4.70. The average molecular weight is 777 g/mol. The summed E-state index contributed by atoms with van der Waals surface area (Å²) in [7, 11) is 3.21. The predicted molar refractivity (Wildman–Crippen MR) is 195 cm³/mol. The Morgan fingerprint density at radius 3 is 2.16 bits per heavy atom. The zero-order valence-electron chi connectivity index (χ0n) is 33.6. The molecule has 7 fully saturated rings. The highest BCUT2D eigenvalue weighted by Crippen LogP contribution is 2.71. The van der Waals surface area contributed by atoms with Crippen molar-refractivity contribution in [2.24, 2.45) is 28.6 Å². The van der Waals surface area contributed by atoms with E-state index in [1.807, 2.05) is 13.8 Å². The molecule has 9 rings (SSSR count). The fraction of sp³-hybridized carbons (Fsp3) is 0.905. The third-order valence-electron chi connectivity index (χ3n) is 15.6. The van der Waals surface area contributed by atoms with Crippen LogP contribution < -0.4 is 0 Å². The van der Waals surface area contributed by atoms with Crippen molar-refractivity contribution < 1.29 is 62.7 Å². The Morgan fingerprint density at radius 2 is 1.42 bits per heavy atom. The maximum Gasteiger partial charge on any atom is 0.169 e. The van der Waals surface area contributed by atoms with Crippen LogP contribution in [0.1, 0.15) is 92.4 Å². The molecule has 0 aromatic heterocycles. The summed E-state index contributed by atoms with van der Waals surface area (Å²) < 4.78 is 61.8. The van der Waals surface area contributed by atoms with Crippen molar-refractivity contribution in [2.75, 3.05) is 27.4 Å². The second-order valence-electron chi connectivity index (χ2n) is 18.6. The smallest absolute Gasteiger partial charge is 0.169 e. The van der Waals surface area contributed by atoms with Crippen LogP contribution in [-0.4, -0.2) is 135 Å². The second-order valence-corrected chi connectivity index (χ2v) is 18.6. The van der Waals surface area contributed by atoms with Crippen molar-refractivity contribution in [1.82, 2.24) is 0 Å². The first kappa shape index (κ1) is 39.4. The maximum absolute atomic E-state index is 11.7. The summed E-state index contributed by atoms with van der Waals surface area (Å²) in [5, 5.41) is 33.2. The lowest BCUT2D eigenvalue weighted by Gasteiger charge is -2.54. The molecule has 4 aliphatic carbocycles. The van der Waals surface area contributed by atoms with Gasteiger partial charge < -0.3 is 62.7 Å². The van der Waals surface area contributed by atoms with Gasteiger partial charge in [-0.3, -0.25) is 0 Å². The van der Waals surface area contributed by atoms with E-state index in [2.05, 4.69) is 19.9 Å². The van der Waals surface area contributed by atoms with Crippen LogP contribution in [0.15, 0.2) is 22.8 Å². The Labute approximate surface area is 325 Å². The van der Waals surface area contributed by atoms with Crippen molar-refractivity contribution in [3.05, 3.63) is 22.8 Å². The molecule has 310 valence electrons. The van der Waals surface area contributed by atoms with Gasteiger partial charge in [-0.15, -0.1) is 0 Å². The summed E-state index contributed by atoms with van der Waals surface area (Å²) in [6, 6.07) is 0. The molecule has 3 N–H and O–H groups in total. The number of rotatable bonds is 8. The van der Waals surface area contributed by atoms with E-state index in [0.717, 1.165) is 38.9 Å². The van der Waals surface area contributed by atoms with Crippen LogP contribution in [0.5, 0.6) is 0 Å². The van der Waals surface area contributed by atoms with Gasteiger partial charge in [-0.1, -0.05) is 29.7 Å². The van der Waals surface area contributed by atoms with Crippen LogP contribution in [0.2, 0.25) is 0 Å². The lowest BCUT2D eigenvalue weighted by molar-refractivity contribution is -0.338. The Hall–Kier alpha value is -1.04. The van der Waals surface area contributed by atoms with Gasteiger partial charge in [0, 0.05) is 44.8 Å². The number of hydrogen-bond donors (Lipinski definition) is 3. The molecule has 0 aromatic carbocycles. The van der Waals surface area contributed by atoms with Gasteiger partial charge in [0.25, 0.3) is 0 Å². The molecule has 0 bridgehead atoms. The third-order valence-corrected chi connectivity index (χ3v) is 15.6. The molecule has 2 saturated carbocycles. The van der Waals surface area contributed by atoms with Crippen molar-refractivity contribution in [1.29, 1.82) is 0 Å². The molecule has 1 spiro atoms. The lowest BCUT2D eigenvalue weighted by Crippen LogP contribution is -2.57. The first-order valence-corrected chi connectivity index (χ1v) is 21.0. The SMILES string of the molecule is CO[C@H]1C[C@H](O[C@@H]2CC3=CCC4=C5C[C@@H]6CO[C@]7(C)OC[C@@]5(CC[C@@H]4[C@@]3(C)C[C@H]2O)[C@H]67)O[C@H](C)[C@H]1O[C@H]1C[C@H](O)[C@H](O[C@H]2C[C@@H](OC)[C@@H](O)[C@H](C)O2)[C@@H](C)O1. The van der Waals surface area contributed by atoms with Crippen LogP contribution in [0, 0.1) is 28.6 Å². The number of aliphatic hydroxyl groups excluding tert-OH is 3. The van der Waals surface area contributed by atoms with E-state index in [-0.39, 0.29) is 29.5 Å². The molecule has 5 aliphatic heterocycles. The van der Waals surface area contributed by atoms with Crippen molar-refractivity contribution in [3.8, 4) is 0 Å². The monoisotopic (exact) mass is 776 g/mol. The summed E-state index contributed by atoms with van der Waals surface area (Å²) >= 11 is 0. The number of methoxy groups -OCH3 is 2. The van der Waals surface area contributed by atoms with Crippen LogP contribution in [0.3, 0.4) is 0 Å². The Balaban J connectivity index is 0.814. The highest BCUT2D eigenvalue weighted by Gasteiger charge is 2.70. The number of aliphatic hydroxyl groups is 3.